The number of nitrogens with one attached hydrogen (secondary N) is 1. The van der Waals surface area contributed by atoms with Crippen LogP contribution in [0.1, 0.15) is 27.0 Å². The third-order valence-corrected chi connectivity index (χ3v) is 3.97. The summed E-state index contributed by atoms with van der Waals surface area (Å²) in [4.78, 5) is 24.7. The summed E-state index contributed by atoms with van der Waals surface area (Å²) in [5.41, 5.74) is 8.85. The Balaban J connectivity index is 1.71. The topological polar surface area (TPSA) is 108 Å². The number of ether oxygens (including phenoxy) is 1. The van der Waals surface area contributed by atoms with Crippen LogP contribution in [-0.2, 0) is 24.4 Å². The van der Waals surface area contributed by atoms with Gasteiger partial charge in [0.25, 0.3) is 5.91 Å². The first kappa shape index (κ1) is 16.3. The van der Waals surface area contributed by atoms with Gasteiger partial charge in [-0.25, -0.2) is 4.79 Å². The lowest BCUT2D eigenvalue weighted by molar-refractivity contribution is 0.102. The highest BCUT2D eigenvalue weighted by molar-refractivity contribution is 6.04. The number of carbonyl (C=O) groups is 2. The predicted molar refractivity (Wildman–Crippen MR) is 90.1 cm³/mol. The van der Waals surface area contributed by atoms with E-state index in [0.29, 0.717) is 24.3 Å². The second-order valence-electron chi connectivity index (χ2n) is 5.66. The molecule has 3 N–H and O–H groups in total. The molecule has 0 bridgehead atoms. The van der Waals surface area contributed by atoms with Crippen LogP contribution in [0.2, 0.25) is 0 Å². The van der Waals surface area contributed by atoms with Crippen molar-refractivity contribution in [1.82, 2.24) is 4.90 Å². The Labute approximate surface area is 144 Å². The van der Waals surface area contributed by atoms with E-state index < -0.39 is 6.09 Å². The van der Waals surface area contributed by atoms with Gasteiger partial charge in [-0.1, -0.05) is 24.3 Å². The van der Waals surface area contributed by atoms with E-state index in [1.54, 1.807) is 29.2 Å². The monoisotopic (exact) mass is 336 g/mol. The van der Waals surface area contributed by atoms with Gasteiger partial charge < -0.3 is 20.7 Å². The van der Waals surface area contributed by atoms with E-state index in [1.807, 2.05) is 18.2 Å². The summed E-state index contributed by atoms with van der Waals surface area (Å²) in [6.45, 7) is 1.11. The van der Waals surface area contributed by atoms with Gasteiger partial charge in [-0.3, -0.25) is 4.79 Å². The van der Waals surface area contributed by atoms with Crippen LogP contribution in [0, 0.1) is 11.5 Å². The average molecular weight is 336 g/mol. The zero-order chi connectivity index (χ0) is 17.8. The number of nitrogens with two attached hydrogens (primary N) is 1. The van der Waals surface area contributed by atoms with E-state index in [0.717, 1.165) is 16.7 Å². The molecule has 0 saturated carbocycles. The number of primary amides is 1. The smallest absolute Gasteiger partial charge is 0.404 e. The molecule has 0 unspecified atom stereocenters. The number of hydrogen-bond donors (Lipinski definition) is 2. The summed E-state index contributed by atoms with van der Waals surface area (Å²) in [5.74, 6) is -0.244. The maximum Gasteiger partial charge on any atom is 0.404 e. The quantitative estimate of drug-likeness (QED) is 0.833. The summed E-state index contributed by atoms with van der Waals surface area (Å²) < 4.78 is 4.70. The lowest BCUT2D eigenvalue weighted by Crippen LogP contribution is -2.14. The Morgan fingerprint density at radius 2 is 1.96 bits per heavy atom. The Hall–Kier alpha value is -3.53. The highest BCUT2D eigenvalue weighted by atomic mass is 16.5. The van der Waals surface area contributed by atoms with Gasteiger partial charge in [-0.05, 0) is 29.3 Å². The first-order valence-corrected chi connectivity index (χ1v) is 7.65. The number of carbonyl (C=O) groups excluding carboxylic acids is 2. The van der Waals surface area contributed by atoms with Crippen molar-refractivity contribution in [3.8, 4) is 6.19 Å². The first-order valence-electron chi connectivity index (χ1n) is 7.65. The molecule has 0 aliphatic carbocycles. The molecule has 126 valence electrons. The maximum absolute atomic E-state index is 12.4. The van der Waals surface area contributed by atoms with E-state index in [1.165, 1.54) is 0 Å². The molecular weight excluding hydrogens is 320 g/mol. The van der Waals surface area contributed by atoms with Crippen LogP contribution in [0.4, 0.5) is 10.5 Å². The van der Waals surface area contributed by atoms with Gasteiger partial charge in [0, 0.05) is 16.8 Å². The molecule has 0 atom stereocenters. The third-order valence-electron chi connectivity index (χ3n) is 3.97. The minimum atomic E-state index is -0.842. The number of hydrogen-bond acceptors (Lipinski definition) is 5. The van der Waals surface area contributed by atoms with Gasteiger partial charge in [0.2, 0.25) is 0 Å². The van der Waals surface area contributed by atoms with Crippen LogP contribution in [0.15, 0.2) is 42.5 Å². The number of nitrogens with zero attached hydrogens (tertiary/aromatic N) is 2. The van der Waals surface area contributed by atoms with Crippen molar-refractivity contribution in [3.63, 3.8) is 0 Å². The summed E-state index contributed by atoms with van der Waals surface area (Å²) in [6.07, 6.45) is 1.28. The lowest BCUT2D eigenvalue weighted by atomic mass is 10.1. The van der Waals surface area contributed by atoms with Crippen molar-refractivity contribution in [1.29, 1.82) is 5.26 Å². The molecule has 1 heterocycles. The van der Waals surface area contributed by atoms with E-state index in [2.05, 4.69) is 11.5 Å². The Kier molecular flexibility index (Phi) is 4.53. The predicted octanol–water partition coefficient (Wildman–Crippen LogP) is 2.33. The maximum atomic E-state index is 12.4. The minimum Gasteiger partial charge on any atom is -0.445 e. The van der Waals surface area contributed by atoms with Crippen molar-refractivity contribution < 1.29 is 14.3 Å². The number of fused-ring (bicyclic) bond motifs is 1. The van der Waals surface area contributed by atoms with Crippen molar-refractivity contribution >= 4 is 17.7 Å². The third kappa shape index (κ3) is 3.70. The Morgan fingerprint density at radius 1 is 1.20 bits per heavy atom. The number of benzene rings is 2. The molecule has 2 amide bonds. The van der Waals surface area contributed by atoms with Crippen molar-refractivity contribution in [2.24, 2.45) is 5.73 Å². The Bertz CT molecular complexity index is 856. The first-order chi connectivity index (χ1) is 12.1. The van der Waals surface area contributed by atoms with Crippen LogP contribution in [-0.4, -0.2) is 16.9 Å². The van der Waals surface area contributed by atoms with Crippen molar-refractivity contribution in [2.45, 2.75) is 19.7 Å². The molecule has 1 aliphatic rings. The minimum absolute atomic E-state index is 0.0629. The molecule has 0 fully saturated rings. The molecule has 1 aliphatic heterocycles. The summed E-state index contributed by atoms with van der Waals surface area (Å²) >= 11 is 0. The fraction of sp³-hybridized carbons (Fsp3) is 0.167. The standard InChI is InChI=1S/C18H16N4O3/c19-11-22-8-14-2-1-3-16(15(14)9-22)21-17(23)13-6-4-12(5-7-13)10-25-18(20)24/h1-7H,8-10H2,(H2,20,24)(H,21,23). The van der Waals surface area contributed by atoms with E-state index in [9.17, 15) is 9.59 Å². The number of anilines is 1. The zero-order valence-electron chi connectivity index (χ0n) is 13.4. The molecule has 25 heavy (non-hydrogen) atoms. The molecule has 0 saturated heterocycles. The van der Waals surface area contributed by atoms with Crippen LogP contribution >= 0.6 is 0 Å². The van der Waals surface area contributed by atoms with Gasteiger partial charge in [-0.2, -0.15) is 5.26 Å². The van der Waals surface area contributed by atoms with E-state index in [4.69, 9.17) is 15.7 Å². The lowest BCUT2D eigenvalue weighted by Gasteiger charge is -2.10. The number of rotatable bonds is 4. The SMILES string of the molecule is N#CN1Cc2cccc(NC(=O)c3ccc(COC(N)=O)cc3)c2C1. The van der Waals surface area contributed by atoms with Crippen LogP contribution < -0.4 is 11.1 Å². The van der Waals surface area contributed by atoms with Crippen molar-refractivity contribution in [2.75, 3.05) is 5.32 Å². The fourth-order valence-corrected chi connectivity index (χ4v) is 2.71. The molecule has 2 aromatic carbocycles. The van der Waals surface area contributed by atoms with Crippen LogP contribution in [0.25, 0.3) is 0 Å². The highest BCUT2D eigenvalue weighted by Gasteiger charge is 2.21. The van der Waals surface area contributed by atoms with Crippen LogP contribution in [0.5, 0.6) is 0 Å². The van der Waals surface area contributed by atoms with E-state index in [-0.39, 0.29) is 12.5 Å². The van der Waals surface area contributed by atoms with Gasteiger partial charge >= 0.3 is 6.09 Å². The molecule has 7 nitrogen and oxygen atoms in total. The van der Waals surface area contributed by atoms with Gasteiger partial charge in [0.15, 0.2) is 6.19 Å². The average Bonchev–Trinajstić information content (AvgIpc) is 3.05. The number of nitriles is 1. The van der Waals surface area contributed by atoms with Gasteiger partial charge in [-0.15, -0.1) is 0 Å². The molecule has 3 rings (SSSR count). The zero-order valence-corrected chi connectivity index (χ0v) is 13.4. The van der Waals surface area contributed by atoms with Gasteiger partial charge in [0.1, 0.15) is 6.61 Å². The molecule has 0 radical (unpaired) electrons. The Morgan fingerprint density at radius 3 is 2.64 bits per heavy atom. The summed E-state index contributed by atoms with van der Waals surface area (Å²) in [6, 6.07) is 12.3. The van der Waals surface area contributed by atoms with E-state index >= 15 is 0 Å². The molecular formula is C18H16N4O3. The highest BCUT2D eigenvalue weighted by Crippen LogP contribution is 2.29. The largest absolute Gasteiger partial charge is 0.445 e. The molecule has 0 aromatic heterocycles. The molecule has 2 aromatic rings. The fourth-order valence-electron chi connectivity index (χ4n) is 2.71. The number of amides is 2. The second-order valence-corrected chi connectivity index (χ2v) is 5.66. The second kappa shape index (κ2) is 6.93. The van der Waals surface area contributed by atoms with Gasteiger partial charge in [0.05, 0.1) is 13.1 Å². The summed E-state index contributed by atoms with van der Waals surface area (Å²) in [5, 5.41) is 11.9. The van der Waals surface area contributed by atoms with Crippen molar-refractivity contribution in [3.05, 3.63) is 64.7 Å². The normalized spacial score (nSPS) is 12.2. The molecule has 0 spiro atoms. The summed E-state index contributed by atoms with van der Waals surface area (Å²) in [7, 11) is 0. The molecule has 7 heteroatoms. The van der Waals surface area contributed by atoms with Crippen LogP contribution in [0.3, 0.4) is 0 Å².